The predicted molar refractivity (Wildman–Crippen MR) is 79.9 cm³/mol. The van der Waals surface area contributed by atoms with Crippen molar-refractivity contribution in [3.05, 3.63) is 89.5 Å². The Morgan fingerprint density at radius 3 is 2.15 bits per heavy atom. The molecule has 96 valence electrons. The van der Waals surface area contributed by atoms with E-state index in [1.165, 1.54) is 0 Å². The van der Waals surface area contributed by atoms with Gasteiger partial charge in [0.15, 0.2) is 0 Å². The Morgan fingerprint density at radius 2 is 1.55 bits per heavy atom. The van der Waals surface area contributed by atoms with Crippen molar-refractivity contribution in [3.8, 4) is 6.07 Å². The monoisotopic (exact) mass is 259 g/mol. The summed E-state index contributed by atoms with van der Waals surface area (Å²) in [5, 5.41) is 9.08. The van der Waals surface area contributed by atoms with Crippen molar-refractivity contribution < 1.29 is 4.79 Å². The van der Waals surface area contributed by atoms with E-state index in [1.807, 2.05) is 48.5 Å². The van der Waals surface area contributed by atoms with Gasteiger partial charge in [0, 0.05) is 5.56 Å². The summed E-state index contributed by atoms with van der Waals surface area (Å²) in [6.45, 7) is 0. The summed E-state index contributed by atoms with van der Waals surface area (Å²) in [6, 6.07) is 20.5. The fourth-order valence-corrected chi connectivity index (χ4v) is 1.73. The van der Waals surface area contributed by atoms with Gasteiger partial charge in [-0.25, -0.2) is 0 Å². The third-order valence-corrected chi connectivity index (χ3v) is 2.75. The highest BCUT2D eigenvalue weighted by molar-refractivity contribution is 6.11. The molecule has 2 rings (SSSR count). The Hall–Kier alpha value is -2.92. The highest BCUT2D eigenvalue weighted by Crippen LogP contribution is 2.08. The lowest BCUT2D eigenvalue weighted by atomic mass is 10.0. The molecule has 0 atom stereocenters. The Morgan fingerprint density at radius 1 is 0.950 bits per heavy atom. The summed E-state index contributed by atoms with van der Waals surface area (Å²) in [7, 11) is 0. The number of benzene rings is 2. The molecule has 0 bridgehead atoms. The van der Waals surface area contributed by atoms with E-state index in [0.717, 1.165) is 5.56 Å². The van der Waals surface area contributed by atoms with Crippen LogP contribution in [0.25, 0.3) is 6.08 Å². The van der Waals surface area contributed by atoms with Crippen LogP contribution in [0.4, 0.5) is 0 Å². The van der Waals surface area contributed by atoms with E-state index in [1.54, 1.807) is 36.4 Å². The Labute approximate surface area is 118 Å². The van der Waals surface area contributed by atoms with E-state index >= 15 is 0 Å². The van der Waals surface area contributed by atoms with E-state index in [4.69, 9.17) is 5.26 Å². The lowest BCUT2D eigenvalue weighted by Crippen LogP contribution is -2.00. The van der Waals surface area contributed by atoms with Gasteiger partial charge in [-0.3, -0.25) is 4.79 Å². The average molecular weight is 259 g/mol. The first-order valence-electron chi connectivity index (χ1n) is 6.24. The standard InChI is InChI=1S/C18H13NO/c19-14-17(18(20)16-11-5-2-6-12-16)13-7-10-15-8-3-1-4-9-15/h1-13H. The van der Waals surface area contributed by atoms with Crippen LogP contribution in [0.1, 0.15) is 15.9 Å². The largest absolute Gasteiger partial charge is 0.288 e. The number of carbonyl (C=O) groups excluding carboxylic acids is 1. The van der Waals surface area contributed by atoms with Crippen LogP contribution >= 0.6 is 0 Å². The molecule has 0 aliphatic rings. The van der Waals surface area contributed by atoms with Gasteiger partial charge in [0.2, 0.25) is 5.78 Å². The van der Waals surface area contributed by atoms with Crippen LogP contribution in [0.2, 0.25) is 0 Å². The van der Waals surface area contributed by atoms with Gasteiger partial charge in [-0.1, -0.05) is 72.8 Å². The zero-order valence-electron chi connectivity index (χ0n) is 10.9. The lowest BCUT2D eigenvalue weighted by molar-refractivity contribution is 0.103. The van der Waals surface area contributed by atoms with Gasteiger partial charge in [-0.15, -0.1) is 0 Å². The number of Topliss-reactive ketones (excluding diaryl/α,β-unsaturated/α-hetero) is 1. The van der Waals surface area contributed by atoms with Crippen molar-refractivity contribution in [1.82, 2.24) is 0 Å². The molecule has 2 aromatic rings. The van der Waals surface area contributed by atoms with Gasteiger partial charge in [0.05, 0.1) is 5.57 Å². The first-order chi connectivity index (χ1) is 9.81. The van der Waals surface area contributed by atoms with Crippen molar-refractivity contribution in [2.45, 2.75) is 0 Å². The van der Waals surface area contributed by atoms with Crippen LogP contribution in [-0.2, 0) is 0 Å². The highest BCUT2D eigenvalue weighted by atomic mass is 16.1. The van der Waals surface area contributed by atoms with E-state index in [9.17, 15) is 4.79 Å². The molecule has 0 aliphatic heterocycles. The van der Waals surface area contributed by atoms with Crippen LogP contribution < -0.4 is 0 Å². The SMILES string of the molecule is N#CC(=CC=Cc1ccccc1)C(=O)c1ccccc1. The highest BCUT2D eigenvalue weighted by Gasteiger charge is 2.09. The van der Waals surface area contributed by atoms with Crippen LogP contribution in [0.3, 0.4) is 0 Å². The molecule has 0 fully saturated rings. The number of rotatable bonds is 4. The molecule has 0 aliphatic carbocycles. The molecule has 2 aromatic carbocycles. The molecule has 2 nitrogen and oxygen atoms in total. The lowest BCUT2D eigenvalue weighted by Gasteiger charge is -1.97. The van der Waals surface area contributed by atoms with Crippen LogP contribution in [0.5, 0.6) is 0 Å². The Bertz CT molecular complexity index is 676. The van der Waals surface area contributed by atoms with Crippen LogP contribution in [0.15, 0.2) is 78.4 Å². The van der Waals surface area contributed by atoms with Gasteiger partial charge in [-0.05, 0) is 11.6 Å². The van der Waals surface area contributed by atoms with E-state index < -0.39 is 0 Å². The molecule has 0 spiro atoms. The first-order valence-corrected chi connectivity index (χ1v) is 6.24. The second-order valence-corrected chi connectivity index (χ2v) is 4.16. The Kier molecular flexibility index (Phi) is 4.64. The van der Waals surface area contributed by atoms with Gasteiger partial charge in [-0.2, -0.15) is 5.26 Å². The van der Waals surface area contributed by atoms with E-state index in [0.29, 0.717) is 5.56 Å². The molecule has 0 aromatic heterocycles. The minimum Gasteiger partial charge on any atom is -0.288 e. The molecule has 0 unspecified atom stereocenters. The summed E-state index contributed by atoms with van der Waals surface area (Å²) in [6.07, 6.45) is 5.12. The normalized spacial score (nSPS) is 11.2. The van der Waals surface area contributed by atoms with E-state index in [-0.39, 0.29) is 11.4 Å². The quantitative estimate of drug-likeness (QED) is 0.360. The maximum Gasteiger partial charge on any atom is 0.203 e. The van der Waals surface area contributed by atoms with Crippen molar-refractivity contribution in [1.29, 1.82) is 5.26 Å². The summed E-state index contributed by atoms with van der Waals surface area (Å²) >= 11 is 0. The molecule has 0 amide bonds. The summed E-state index contributed by atoms with van der Waals surface area (Å²) in [5.74, 6) is -0.259. The smallest absolute Gasteiger partial charge is 0.203 e. The number of allylic oxidation sites excluding steroid dienone is 3. The zero-order chi connectivity index (χ0) is 14.2. The van der Waals surface area contributed by atoms with Crippen LogP contribution in [-0.4, -0.2) is 5.78 Å². The molecular formula is C18H13NO. The number of ketones is 1. The summed E-state index contributed by atoms with van der Waals surface area (Å²) in [4.78, 5) is 12.1. The molecule has 0 N–H and O–H groups in total. The second kappa shape index (κ2) is 6.86. The number of nitrogens with zero attached hydrogens (tertiary/aromatic N) is 1. The van der Waals surface area contributed by atoms with Gasteiger partial charge >= 0.3 is 0 Å². The molecule has 0 saturated heterocycles. The number of hydrogen-bond donors (Lipinski definition) is 0. The molecular weight excluding hydrogens is 246 g/mol. The summed E-state index contributed by atoms with van der Waals surface area (Å²) in [5.41, 5.74) is 1.67. The van der Waals surface area contributed by atoms with Crippen molar-refractivity contribution in [2.75, 3.05) is 0 Å². The van der Waals surface area contributed by atoms with Crippen molar-refractivity contribution in [3.63, 3.8) is 0 Å². The van der Waals surface area contributed by atoms with Gasteiger partial charge in [0.25, 0.3) is 0 Å². The third-order valence-electron chi connectivity index (χ3n) is 2.75. The zero-order valence-corrected chi connectivity index (χ0v) is 10.9. The van der Waals surface area contributed by atoms with Crippen molar-refractivity contribution >= 4 is 11.9 Å². The third kappa shape index (κ3) is 3.54. The topological polar surface area (TPSA) is 40.9 Å². The summed E-state index contributed by atoms with van der Waals surface area (Å²) < 4.78 is 0. The first kappa shape index (κ1) is 13.5. The maximum absolute atomic E-state index is 12.1. The molecule has 0 heterocycles. The second-order valence-electron chi connectivity index (χ2n) is 4.16. The molecule has 0 saturated carbocycles. The predicted octanol–water partition coefficient (Wildman–Crippen LogP) is 4.03. The molecule has 20 heavy (non-hydrogen) atoms. The van der Waals surface area contributed by atoms with Crippen LogP contribution in [0, 0.1) is 11.3 Å². The minimum atomic E-state index is -0.259. The fraction of sp³-hybridized carbons (Fsp3) is 0. The van der Waals surface area contributed by atoms with Gasteiger partial charge < -0.3 is 0 Å². The van der Waals surface area contributed by atoms with E-state index in [2.05, 4.69) is 0 Å². The Balaban J connectivity index is 2.17. The maximum atomic E-state index is 12.1. The van der Waals surface area contributed by atoms with Gasteiger partial charge in [0.1, 0.15) is 6.07 Å². The molecule has 2 heteroatoms. The van der Waals surface area contributed by atoms with Crippen molar-refractivity contribution in [2.24, 2.45) is 0 Å². The fourth-order valence-electron chi connectivity index (χ4n) is 1.73. The number of hydrogen-bond acceptors (Lipinski definition) is 2. The molecule has 0 radical (unpaired) electrons. The number of nitriles is 1. The average Bonchev–Trinajstić information content (AvgIpc) is 2.53. The minimum absolute atomic E-state index is 0.128. The number of carbonyl (C=O) groups is 1.